The first-order valence-electron chi connectivity index (χ1n) is 38.5. The van der Waals surface area contributed by atoms with Crippen molar-refractivity contribution in [3.8, 4) is 0 Å². The molecular formula is C74H144O17P2. The summed E-state index contributed by atoms with van der Waals surface area (Å²) in [5.74, 6) is -0.592. The molecule has 0 heterocycles. The predicted octanol–water partition coefficient (Wildman–Crippen LogP) is 21.6. The quantitative estimate of drug-likeness (QED) is 0.0222. The Balaban J connectivity index is 5.12. The molecule has 0 aromatic carbocycles. The van der Waals surface area contributed by atoms with E-state index in [0.29, 0.717) is 25.7 Å². The predicted molar refractivity (Wildman–Crippen MR) is 377 cm³/mol. The van der Waals surface area contributed by atoms with Crippen molar-refractivity contribution >= 4 is 39.5 Å². The van der Waals surface area contributed by atoms with E-state index in [-0.39, 0.29) is 25.7 Å². The minimum Gasteiger partial charge on any atom is -0.462 e. The van der Waals surface area contributed by atoms with E-state index in [1.165, 1.54) is 193 Å². The van der Waals surface area contributed by atoms with E-state index in [2.05, 4.69) is 41.5 Å². The second kappa shape index (κ2) is 66.0. The standard InChI is InChI=1S/C74H144O17P2/c1-7-9-11-13-14-15-16-17-18-24-27-30-33-39-45-51-57-72(77)85-63-70(91-73(78)58-52-46-40-34-31-28-25-22-20-19-21-23-26-29-32-37-43-48-54-66(3)4)65-89-93(82,83)87-61-68(75)60-86-92(80,81)88-64-69(62-84-71(76)56-50-42-12-10-8-2)90-74(79)59-53-47-41-36-35-38-44-49-55-67(5)6/h66-70,75H,7-65H2,1-6H3,(H,80,81)(H,82,83)/t68-,69+,70+/m0/s1. The molecular weight excluding hydrogens is 1220 g/mol. The SMILES string of the molecule is CCCCCCCCCCCCCCCCCCC(=O)OC[C@H](COP(=O)(O)OC[C@@H](O)COP(=O)(O)OC[C@@H](COC(=O)CCCCCCC)OC(=O)CCCCCCCCCCC(C)C)OC(=O)CCCCCCCCCCCCCCCCCCCCC(C)C. The van der Waals surface area contributed by atoms with Crippen LogP contribution in [0.4, 0.5) is 0 Å². The van der Waals surface area contributed by atoms with Crippen molar-refractivity contribution in [1.29, 1.82) is 0 Å². The van der Waals surface area contributed by atoms with Crippen LogP contribution in [0, 0.1) is 11.8 Å². The van der Waals surface area contributed by atoms with Gasteiger partial charge in [-0.2, -0.15) is 0 Å². The van der Waals surface area contributed by atoms with Crippen LogP contribution < -0.4 is 0 Å². The molecule has 0 bridgehead atoms. The van der Waals surface area contributed by atoms with Crippen molar-refractivity contribution in [1.82, 2.24) is 0 Å². The largest absolute Gasteiger partial charge is 0.472 e. The second-order valence-electron chi connectivity index (χ2n) is 27.6. The number of phosphoric ester groups is 2. The molecule has 3 N–H and O–H groups in total. The van der Waals surface area contributed by atoms with Crippen LogP contribution in [0.3, 0.4) is 0 Å². The minimum atomic E-state index is -4.95. The fraction of sp³-hybridized carbons (Fsp3) is 0.946. The number of carbonyl (C=O) groups excluding carboxylic acids is 4. The highest BCUT2D eigenvalue weighted by Gasteiger charge is 2.30. The molecule has 2 unspecified atom stereocenters. The number of rotatable bonds is 73. The molecule has 0 aromatic heterocycles. The molecule has 552 valence electrons. The highest BCUT2D eigenvalue weighted by atomic mass is 31.2. The Morgan fingerprint density at radius 2 is 0.495 bits per heavy atom. The molecule has 0 saturated carbocycles. The molecule has 0 aliphatic carbocycles. The fourth-order valence-corrected chi connectivity index (χ4v) is 12.9. The van der Waals surface area contributed by atoms with Crippen LogP contribution in [0.25, 0.3) is 0 Å². The number of hydrogen-bond donors (Lipinski definition) is 3. The van der Waals surface area contributed by atoms with Gasteiger partial charge in [-0.25, -0.2) is 9.13 Å². The van der Waals surface area contributed by atoms with Gasteiger partial charge in [0.15, 0.2) is 12.2 Å². The van der Waals surface area contributed by atoms with Gasteiger partial charge in [-0.3, -0.25) is 37.3 Å². The van der Waals surface area contributed by atoms with Crippen LogP contribution in [-0.2, 0) is 65.4 Å². The summed E-state index contributed by atoms with van der Waals surface area (Å²) in [4.78, 5) is 72.4. The lowest BCUT2D eigenvalue weighted by Crippen LogP contribution is -2.30. The van der Waals surface area contributed by atoms with E-state index in [4.69, 9.17) is 37.0 Å². The molecule has 0 radical (unpaired) electrons. The molecule has 0 rings (SSSR count). The number of esters is 4. The molecule has 0 aliphatic heterocycles. The summed E-state index contributed by atoms with van der Waals surface area (Å²) in [5.41, 5.74) is 0. The Morgan fingerprint density at radius 1 is 0.290 bits per heavy atom. The third kappa shape index (κ3) is 68.4. The smallest absolute Gasteiger partial charge is 0.462 e. The van der Waals surface area contributed by atoms with E-state index < -0.39 is 97.5 Å². The molecule has 0 aromatic rings. The zero-order chi connectivity index (χ0) is 68.6. The molecule has 19 heteroatoms. The van der Waals surface area contributed by atoms with Crippen LogP contribution in [-0.4, -0.2) is 96.7 Å². The van der Waals surface area contributed by atoms with Crippen LogP contribution in [0.15, 0.2) is 0 Å². The molecule has 5 atom stereocenters. The van der Waals surface area contributed by atoms with Gasteiger partial charge in [0.05, 0.1) is 26.4 Å². The van der Waals surface area contributed by atoms with E-state index >= 15 is 0 Å². The van der Waals surface area contributed by atoms with Crippen molar-refractivity contribution in [2.45, 2.75) is 400 Å². The number of phosphoric acid groups is 2. The van der Waals surface area contributed by atoms with Gasteiger partial charge in [-0.15, -0.1) is 0 Å². The summed E-state index contributed by atoms with van der Waals surface area (Å²) in [6.45, 7) is 9.48. The van der Waals surface area contributed by atoms with Gasteiger partial charge < -0.3 is 33.8 Å². The lowest BCUT2D eigenvalue weighted by atomic mass is 10.0. The molecule has 0 spiro atoms. The van der Waals surface area contributed by atoms with Crippen LogP contribution in [0.1, 0.15) is 382 Å². The van der Waals surface area contributed by atoms with Gasteiger partial charge in [0, 0.05) is 25.7 Å². The van der Waals surface area contributed by atoms with Gasteiger partial charge in [-0.05, 0) is 37.5 Å². The van der Waals surface area contributed by atoms with Crippen LogP contribution >= 0.6 is 15.6 Å². The van der Waals surface area contributed by atoms with E-state index in [0.717, 1.165) is 108 Å². The van der Waals surface area contributed by atoms with Crippen molar-refractivity contribution in [3.05, 3.63) is 0 Å². The molecule has 93 heavy (non-hydrogen) atoms. The molecule has 0 fully saturated rings. The van der Waals surface area contributed by atoms with Gasteiger partial charge in [-0.1, -0.05) is 330 Å². The van der Waals surface area contributed by atoms with Crippen LogP contribution in [0.5, 0.6) is 0 Å². The van der Waals surface area contributed by atoms with Crippen LogP contribution in [0.2, 0.25) is 0 Å². The van der Waals surface area contributed by atoms with E-state index in [1.54, 1.807) is 0 Å². The maximum absolute atomic E-state index is 13.1. The zero-order valence-corrected chi connectivity index (χ0v) is 62.3. The fourth-order valence-electron chi connectivity index (χ4n) is 11.3. The summed E-state index contributed by atoms with van der Waals surface area (Å²) in [6, 6.07) is 0. The third-order valence-corrected chi connectivity index (χ3v) is 19.1. The molecule has 0 saturated heterocycles. The van der Waals surface area contributed by atoms with E-state index in [9.17, 15) is 43.2 Å². The topological polar surface area (TPSA) is 237 Å². The van der Waals surface area contributed by atoms with Gasteiger partial charge in [0.2, 0.25) is 0 Å². The highest BCUT2D eigenvalue weighted by Crippen LogP contribution is 2.45. The normalized spacial score (nSPS) is 14.1. The number of carbonyl (C=O) groups is 4. The average Bonchev–Trinajstić information content (AvgIpc) is 3.10. The Labute approximate surface area is 568 Å². The number of ether oxygens (including phenoxy) is 4. The lowest BCUT2D eigenvalue weighted by Gasteiger charge is -2.21. The average molecular weight is 1370 g/mol. The van der Waals surface area contributed by atoms with Crippen molar-refractivity contribution in [2.24, 2.45) is 11.8 Å². The second-order valence-corrected chi connectivity index (χ2v) is 30.5. The first kappa shape index (κ1) is 91.1. The molecule has 17 nitrogen and oxygen atoms in total. The maximum Gasteiger partial charge on any atom is 0.472 e. The summed E-state index contributed by atoms with van der Waals surface area (Å²) in [5, 5.41) is 10.6. The number of unbranched alkanes of at least 4 members (excludes halogenated alkanes) is 43. The monoisotopic (exact) mass is 1370 g/mol. The Bertz CT molecular complexity index is 1800. The zero-order valence-electron chi connectivity index (χ0n) is 60.6. The Kier molecular flexibility index (Phi) is 64.6. The summed E-state index contributed by atoms with van der Waals surface area (Å²) >= 11 is 0. The summed E-state index contributed by atoms with van der Waals surface area (Å²) < 4.78 is 68.2. The van der Waals surface area contributed by atoms with Crippen molar-refractivity contribution < 1.29 is 80.2 Å². The number of hydrogen-bond acceptors (Lipinski definition) is 15. The maximum atomic E-state index is 13.1. The highest BCUT2D eigenvalue weighted by molar-refractivity contribution is 7.47. The third-order valence-electron chi connectivity index (χ3n) is 17.2. The van der Waals surface area contributed by atoms with E-state index in [1.807, 2.05) is 0 Å². The van der Waals surface area contributed by atoms with Gasteiger partial charge in [0.1, 0.15) is 19.3 Å². The Hall–Kier alpha value is -1.94. The number of aliphatic hydroxyl groups is 1. The molecule has 0 amide bonds. The first-order valence-corrected chi connectivity index (χ1v) is 41.5. The summed E-state index contributed by atoms with van der Waals surface area (Å²) in [7, 11) is -9.90. The van der Waals surface area contributed by atoms with Gasteiger partial charge >= 0.3 is 39.5 Å². The Morgan fingerprint density at radius 3 is 0.731 bits per heavy atom. The first-order chi connectivity index (χ1) is 44.9. The van der Waals surface area contributed by atoms with Gasteiger partial charge in [0.25, 0.3) is 0 Å². The number of aliphatic hydroxyl groups excluding tert-OH is 1. The summed E-state index contributed by atoms with van der Waals surface area (Å²) in [6.07, 6.45) is 53.3. The van der Waals surface area contributed by atoms with Crippen molar-refractivity contribution in [2.75, 3.05) is 39.6 Å². The minimum absolute atomic E-state index is 0.104. The lowest BCUT2D eigenvalue weighted by molar-refractivity contribution is -0.161. The molecule has 0 aliphatic rings. The van der Waals surface area contributed by atoms with Crippen molar-refractivity contribution in [3.63, 3.8) is 0 Å².